The van der Waals surface area contributed by atoms with E-state index in [1.807, 2.05) is 0 Å². The predicted octanol–water partition coefficient (Wildman–Crippen LogP) is -0.0809. The smallest absolute Gasteiger partial charge is 0.308 e. The van der Waals surface area contributed by atoms with Gasteiger partial charge in [-0.3, -0.25) is 9.59 Å². The molecule has 2 N–H and O–H groups in total. The summed E-state index contributed by atoms with van der Waals surface area (Å²) >= 11 is 0. The van der Waals surface area contributed by atoms with E-state index in [4.69, 9.17) is 5.11 Å². The molecule has 1 atom stereocenters. The van der Waals surface area contributed by atoms with Gasteiger partial charge in [0.2, 0.25) is 5.91 Å². The number of piperidine rings is 1. The van der Waals surface area contributed by atoms with Gasteiger partial charge in [0, 0.05) is 19.0 Å². The maximum atomic E-state index is 12.1. The van der Waals surface area contributed by atoms with Crippen molar-refractivity contribution < 1.29 is 14.7 Å². The van der Waals surface area contributed by atoms with Crippen molar-refractivity contribution in [2.45, 2.75) is 19.3 Å². The maximum absolute atomic E-state index is 12.1. The third-order valence-corrected chi connectivity index (χ3v) is 3.54. The van der Waals surface area contributed by atoms with Gasteiger partial charge in [0.1, 0.15) is 0 Å². The first-order chi connectivity index (χ1) is 7.68. The second-order valence-electron chi connectivity index (χ2n) is 4.63. The average molecular weight is 226 g/mol. The Hall–Kier alpha value is -1.10. The van der Waals surface area contributed by atoms with E-state index in [1.165, 1.54) is 0 Å². The highest BCUT2D eigenvalue weighted by Gasteiger charge is 2.34. The molecule has 0 aromatic carbocycles. The number of nitrogens with one attached hydrogen (secondary N) is 1. The van der Waals surface area contributed by atoms with Gasteiger partial charge in [-0.05, 0) is 32.4 Å². The molecule has 0 aliphatic carbocycles. The summed E-state index contributed by atoms with van der Waals surface area (Å²) in [6.07, 6.45) is 2.37. The van der Waals surface area contributed by atoms with Crippen LogP contribution in [0.2, 0.25) is 0 Å². The molecule has 1 amide bonds. The second-order valence-corrected chi connectivity index (χ2v) is 4.63. The second kappa shape index (κ2) is 4.82. The van der Waals surface area contributed by atoms with Crippen LogP contribution >= 0.6 is 0 Å². The first-order valence-electron chi connectivity index (χ1n) is 5.91. The average Bonchev–Trinajstić information content (AvgIpc) is 2.78. The number of nitrogens with zero attached hydrogens (tertiary/aromatic N) is 1. The fraction of sp³-hybridized carbons (Fsp3) is 0.818. The van der Waals surface area contributed by atoms with E-state index >= 15 is 0 Å². The summed E-state index contributed by atoms with van der Waals surface area (Å²) in [5.41, 5.74) is 0. The van der Waals surface area contributed by atoms with Crippen molar-refractivity contribution in [3.05, 3.63) is 0 Å². The van der Waals surface area contributed by atoms with Gasteiger partial charge in [-0.25, -0.2) is 0 Å². The SMILES string of the molecule is O=C(O)C1CCN(C(=O)C2CCNCC2)C1. The lowest BCUT2D eigenvalue weighted by Crippen LogP contribution is -2.40. The Morgan fingerprint density at radius 2 is 1.81 bits per heavy atom. The molecule has 5 heteroatoms. The highest BCUT2D eigenvalue weighted by molar-refractivity contribution is 5.80. The minimum Gasteiger partial charge on any atom is -0.481 e. The minimum absolute atomic E-state index is 0.105. The molecule has 90 valence electrons. The van der Waals surface area contributed by atoms with E-state index in [0.29, 0.717) is 19.5 Å². The molecule has 2 aliphatic heterocycles. The summed E-state index contributed by atoms with van der Waals surface area (Å²) in [5, 5.41) is 12.1. The topological polar surface area (TPSA) is 69.6 Å². The fourth-order valence-corrected chi connectivity index (χ4v) is 2.49. The molecule has 0 aromatic heterocycles. The van der Waals surface area contributed by atoms with Gasteiger partial charge in [-0.15, -0.1) is 0 Å². The van der Waals surface area contributed by atoms with Gasteiger partial charge in [-0.2, -0.15) is 0 Å². The Balaban J connectivity index is 1.88. The number of carbonyl (C=O) groups excluding carboxylic acids is 1. The highest BCUT2D eigenvalue weighted by atomic mass is 16.4. The van der Waals surface area contributed by atoms with Crippen LogP contribution in [-0.4, -0.2) is 48.1 Å². The van der Waals surface area contributed by atoms with Crippen molar-refractivity contribution in [1.29, 1.82) is 0 Å². The Kier molecular flexibility index (Phi) is 3.43. The van der Waals surface area contributed by atoms with Crippen molar-refractivity contribution in [2.75, 3.05) is 26.2 Å². The summed E-state index contributed by atoms with van der Waals surface area (Å²) in [6.45, 7) is 2.80. The van der Waals surface area contributed by atoms with Crippen molar-refractivity contribution >= 4 is 11.9 Å². The number of likely N-dealkylation sites (tertiary alicyclic amines) is 1. The molecule has 2 heterocycles. The van der Waals surface area contributed by atoms with Crippen LogP contribution in [-0.2, 0) is 9.59 Å². The molecular formula is C11H18N2O3. The number of hydrogen-bond donors (Lipinski definition) is 2. The largest absolute Gasteiger partial charge is 0.481 e. The number of carboxylic acids is 1. The molecule has 16 heavy (non-hydrogen) atoms. The third kappa shape index (κ3) is 2.35. The van der Waals surface area contributed by atoms with E-state index in [2.05, 4.69) is 5.32 Å². The monoisotopic (exact) mass is 226 g/mol. The minimum atomic E-state index is -0.777. The molecule has 0 aromatic rings. The van der Waals surface area contributed by atoms with Crippen LogP contribution in [0.3, 0.4) is 0 Å². The molecule has 0 radical (unpaired) electrons. The Labute approximate surface area is 94.8 Å². The normalized spacial score (nSPS) is 27.0. The zero-order valence-corrected chi connectivity index (χ0v) is 9.32. The first-order valence-corrected chi connectivity index (χ1v) is 5.91. The van der Waals surface area contributed by atoms with Gasteiger partial charge in [0.25, 0.3) is 0 Å². The third-order valence-electron chi connectivity index (χ3n) is 3.54. The van der Waals surface area contributed by atoms with Gasteiger partial charge in [-0.1, -0.05) is 0 Å². The number of aliphatic carboxylic acids is 1. The van der Waals surface area contributed by atoms with Gasteiger partial charge in [0.05, 0.1) is 5.92 Å². The van der Waals surface area contributed by atoms with Crippen LogP contribution in [0.15, 0.2) is 0 Å². The van der Waals surface area contributed by atoms with Gasteiger partial charge < -0.3 is 15.3 Å². The van der Waals surface area contributed by atoms with Crippen LogP contribution in [0.4, 0.5) is 0 Å². The summed E-state index contributed by atoms with van der Waals surface area (Å²) in [5.74, 6) is -0.870. The highest BCUT2D eigenvalue weighted by Crippen LogP contribution is 2.22. The molecular weight excluding hydrogens is 208 g/mol. The van der Waals surface area contributed by atoms with Crippen LogP contribution in [0.5, 0.6) is 0 Å². The Morgan fingerprint density at radius 3 is 2.38 bits per heavy atom. The molecule has 0 saturated carbocycles. The Morgan fingerprint density at radius 1 is 1.12 bits per heavy atom. The molecule has 0 spiro atoms. The number of rotatable bonds is 2. The number of hydrogen-bond acceptors (Lipinski definition) is 3. The summed E-state index contributed by atoms with van der Waals surface area (Å²) in [7, 11) is 0. The van der Waals surface area contributed by atoms with E-state index in [0.717, 1.165) is 25.9 Å². The van der Waals surface area contributed by atoms with E-state index in [1.54, 1.807) is 4.90 Å². The van der Waals surface area contributed by atoms with Crippen LogP contribution in [0.25, 0.3) is 0 Å². The molecule has 2 aliphatic rings. The number of carboxylic acid groups (broad SMARTS) is 1. The van der Waals surface area contributed by atoms with Crippen molar-refractivity contribution in [3.8, 4) is 0 Å². The molecule has 2 fully saturated rings. The molecule has 2 rings (SSSR count). The van der Waals surface area contributed by atoms with Gasteiger partial charge in [0.15, 0.2) is 0 Å². The summed E-state index contributed by atoms with van der Waals surface area (Å²) < 4.78 is 0. The number of amides is 1. The van der Waals surface area contributed by atoms with E-state index < -0.39 is 5.97 Å². The molecule has 2 saturated heterocycles. The van der Waals surface area contributed by atoms with Gasteiger partial charge >= 0.3 is 5.97 Å². The summed E-state index contributed by atoms with van der Waals surface area (Å²) in [4.78, 5) is 24.6. The van der Waals surface area contributed by atoms with E-state index in [-0.39, 0.29) is 17.7 Å². The van der Waals surface area contributed by atoms with E-state index in [9.17, 15) is 9.59 Å². The zero-order chi connectivity index (χ0) is 11.5. The van der Waals surface area contributed by atoms with Crippen LogP contribution in [0, 0.1) is 11.8 Å². The molecule has 5 nitrogen and oxygen atoms in total. The van der Waals surface area contributed by atoms with Crippen LogP contribution < -0.4 is 5.32 Å². The lowest BCUT2D eigenvalue weighted by molar-refractivity contribution is -0.141. The van der Waals surface area contributed by atoms with Crippen molar-refractivity contribution in [1.82, 2.24) is 10.2 Å². The number of carbonyl (C=O) groups is 2. The van der Waals surface area contributed by atoms with Crippen LogP contribution in [0.1, 0.15) is 19.3 Å². The predicted molar refractivity (Wildman–Crippen MR) is 57.9 cm³/mol. The molecule has 0 bridgehead atoms. The summed E-state index contributed by atoms with van der Waals surface area (Å²) in [6, 6.07) is 0. The lowest BCUT2D eigenvalue weighted by Gasteiger charge is -2.26. The standard InChI is InChI=1S/C11H18N2O3/c14-10(8-1-4-12-5-2-8)13-6-3-9(7-13)11(15)16/h8-9,12H,1-7H2,(H,15,16). The molecule has 1 unspecified atom stereocenters. The zero-order valence-electron chi connectivity index (χ0n) is 9.32. The van der Waals surface area contributed by atoms with Crippen molar-refractivity contribution in [2.24, 2.45) is 11.8 Å². The first kappa shape index (κ1) is 11.4. The van der Waals surface area contributed by atoms with Crippen molar-refractivity contribution in [3.63, 3.8) is 0 Å². The lowest BCUT2D eigenvalue weighted by atomic mass is 9.97. The maximum Gasteiger partial charge on any atom is 0.308 e. The Bertz CT molecular complexity index is 287. The quantitative estimate of drug-likeness (QED) is 0.691. The fourth-order valence-electron chi connectivity index (χ4n) is 2.49.